The Balaban J connectivity index is 0.933. The van der Waals surface area contributed by atoms with Crippen LogP contribution < -0.4 is 4.74 Å². The zero-order valence-corrected chi connectivity index (χ0v) is 45.9. The smallest absolute Gasteiger partial charge is 0.164 e. The van der Waals surface area contributed by atoms with E-state index in [4.69, 9.17) is 24.7 Å². The van der Waals surface area contributed by atoms with Crippen molar-refractivity contribution in [1.29, 1.82) is 0 Å². The van der Waals surface area contributed by atoms with Crippen molar-refractivity contribution in [2.24, 2.45) is 0 Å². The molecular weight excluding hydrogens is 1040 g/mol. The van der Waals surface area contributed by atoms with Gasteiger partial charge in [0.05, 0.1) is 17.1 Å². The molecular formula is C76H50N8O. The van der Waals surface area contributed by atoms with Crippen LogP contribution in [0.25, 0.3) is 135 Å². The fourth-order valence-electron chi connectivity index (χ4n) is 10.8. The van der Waals surface area contributed by atoms with Crippen LogP contribution in [-0.2, 0) is 0 Å². The van der Waals surface area contributed by atoms with E-state index in [2.05, 4.69) is 184 Å². The molecule has 0 radical (unpaired) electrons. The van der Waals surface area contributed by atoms with Crippen LogP contribution >= 0.6 is 0 Å². The maximum absolute atomic E-state index is 7.30. The molecule has 0 saturated carbocycles. The third kappa shape index (κ3) is 11.0. The second-order valence-corrected chi connectivity index (χ2v) is 20.3. The summed E-state index contributed by atoms with van der Waals surface area (Å²) >= 11 is 0. The number of ether oxygens (including phenoxy) is 1. The highest BCUT2D eigenvalue weighted by molar-refractivity contribution is 5.90. The number of nitrogens with zero attached hydrogens (tertiary/aromatic N) is 8. The van der Waals surface area contributed by atoms with Gasteiger partial charge in [0.15, 0.2) is 23.3 Å². The molecule has 0 unspecified atom stereocenters. The van der Waals surface area contributed by atoms with E-state index in [0.29, 0.717) is 34.8 Å². The molecule has 14 rings (SSSR count). The Labute approximate surface area is 492 Å². The lowest BCUT2D eigenvalue weighted by Crippen LogP contribution is -2.03. The van der Waals surface area contributed by atoms with E-state index in [-0.39, 0.29) is 0 Å². The average molecular weight is 1090 g/mol. The Bertz CT molecular complexity index is 4500. The summed E-state index contributed by atoms with van der Waals surface area (Å²) in [7, 11) is 0. The first-order valence-electron chi connectivity index (χ1n) is 28.0. The van der Waals surface area contributed by atoms with Crippen LogP contribution in [0.15, 0.2) is 304 Å². The summed E-state index contributed by atoms with van der Waals surface area (Å²) in [5, 5.41) is 0. The van der Waals surface area contributed by atoms with E-state index in [1.165, 1.54) is 0 Å². The topological polar surface area (TPSA) is 112 Å². The van der Waals surface area contributed by atoms with E-state index < -0.39 is 0 Å². The van der Waals surface area contributed by atoms with Crippen LogP contribution in [0.2, 0.25) is 0 Å². The minimum atomic E-state index is 0.482. The third-order valence-corrected chi connectivity index (χ3v) is 15.0. The molecule has 14 aromatic rings. The van der Waals surface area contributed by atoms with Gasteiger partial charge in [0, 0.05) is 75.5 Å². The zero-order valence-electron chi connectivity index (χ0n) is 45.9. The minimum Gasteiger partial charge on any atom is -0.457 e. The second kappa shape index (κ2) is 23.4. The molecule has 0 saturated heterocycles. The lowest BCUT2D eigenvalue weighted by atomic mass is 9.95. The number of aromatic nitrogens is 8. The van der Waals surface area contributed by atoms with Crippen molar-refractivity contribution in [3.05, 3.63) is 304 Å². The van der Waals surface area contributed by atoms with Crippen molar-refractivity contribution in [2.45, 2.75) is 0 Å². The highest BCUT2D eigenvalue weighted by atomic mass is 16.5. The number of hydrogen-bond donors (Lipinski definition) is 0. The predicted molar refractivity (Wildman–Crippen MR) is 341 cm³/mol. The summed E-state index contributed by atoms with van der Waals surface area (Å²) in [5.41, 5.74) is 18.6. The Morgan fingerprint density at radius 3 is 1.18 bits per heavy atom. The zero-order chi connectivity index (χ0) is 56.7. The first-order valence-corrected chi connectivity index (χ1v) is 28.0. The Hall–Kier alpha value is -11.7. The SMILES string of the molecule is c1ccc(-c2cc(Oc3cc(-c4ncccn4)ccc3-c3ccccc3-c3nc(-c4ccccc4-c4ccc(-c5ccccn5)cc4)nc(-c4ccccc4-c4ccc(-c5ccccn5)cc4)n3)cc(-c3cc(-c4ccccc4)ccn3)c2)cc1. The average Bonchev–Trinajstić information content (AvgIpc) is 2.72. The third-order valence-electron chi connectivity index (χ3n) is 15.0. The molecule has 5 heterocycles. The summed E-state index contributed by atoms with van der Waals surface area (Å²) in [6.07, 6.45) is 8.99. The van der Waals surface area contributed by atoms with Gasteiger partial charge in [-0.25, -0.2) is 24.9 Å². The van der Waals surface area contributed by atoms with Gasteiger partial charge in [-0.1, -0.05) is 200 Å². The molecule has 0 aliphatic heterocycles. The Morgan fingerprint density at radius 2 is 0.635 bits per heavy atom. The quantitative estimate of drug-likeness (QED) is 0.105. The van der Waals surface area contributed by atoms with Gasteiger partial charge >= 0.3 is 0 Å². The molecule has 9 aromatic carbocycles. The highest BCUT2D eigenvalue weighted by Crippen LogP contribution is 2.44. The molecule has 0 aliphatic carbocycles. The van der Waals surface area contributed by atoms with Crippen molar-refractivity contribution in [3.8, 4) is 146 Å². The van der Waals surface area contributed by atoms with Gasteiger partial charge in [0.25, 0.3) is 0 Å². The van der Waals surface area contributed by atoms with E-state index in [1.54, 1.807) is 12.4 Å². The molecule has 0 fully saturated rings. The summed E-state index contributed by atoms with van der Waals surface area (Å²) in [5.74, 6) is 3.27. The number of pyridine rings is 3. The first kappa shape index (κ1) is 51.5. The van der Waals surface area contributed by atoms with Crippen molar-refractivity contribution >= 4 is 0 Å². The Morgan fingerprint density at radius 1 is 0.200 bits per heavy atom. The second-order valence-electron chi connectivity index (χ2n) is 20.3. The van der Waals surface area contributed by atoms with Gasteiger partial charge in [-0.2, -0.15) is 0 Å². The van der Waals surface area contributed by atoms with Gasteiger partial charge in [0.1, 0.15) is 11.5 Å². The standard InChI is InChI=1S/C76H50N8O/c1-3-18-51(19-4-1)57-40-45-79-71(49-57)60-46-59(52-20-5-2-6-21-52)47-61(48-60)85-72-50-58(73-80-43-17-44-81-73)38-39-65(72)64-24-9-12-27-68(64)76-83-74(66-25-10-7-22-62(66)53-30-34-55(35-31-53)69-28-13-15-41-77-69)82-75(84-76)67-26-11-8-23-63(67)54-32-36-56(37-33-54)70-29-14-16-42-78-70/h1-50H. The van der Waals surface area contributed by atoms with Crippen LogP contribution in [0.5, 0.6) is 11.5 Å². The molecule has 0 bridgehead atoms. The van der Waals surface area contributed by atoms with Gasteiger partial charge in [-0.3, -0.25) is 15.0 Å². The number of benzene rings is 9. The van der Waals surface area contributed by atoms with Gasteiger partial charge in [-0.05, 0) is 123 Å². The predicted octanol–water partition coefficient (Wildman–Crippen LogP) is 18.6. The maximum atomic E-state index is 7.30. The van der Waals surface area contributed by atoms with Crippen LogP contribution in [-0.4, -0.2) is 39.9 Å². The van der Waals surface area contributed by atoms with Crippen LogP contribution in [0.3, 0.4) is 0 Å². The fraction of sp³-hybridized carbons (Fsp3) is 0. The molecule has 9 heteroatoms. The molecule has 9 nitrogen and oxygen atoms in total. The fourth-order valence-corrected chi connectivity index (χ4v) is 10.8. The van der Waals surface area contributed by atoms with E-state index in [1.807, 2.05) is 128 Å². The van der Waals surface area contributed by atoms with Crippen LogP contribution in [0.4, 0.5) is 0 Å². The largest absolute Gasteiger partial charge is 0.457 e. The molecule has 85 heavy (non-hydrogen) atoms. The van der Waals surface area contributed by atoms with Crippen LogP contribution in [0.1, 0.15) is 0 Å². The number of hydrogen-bond acceptors (Lipinski definition) is 9. The summed E-state index contributed by atoms with van der Waals surface area (Å²) < 4.78 is 7.30. The first-order chi connectivity index (χ1) is 42.1. The Kier molecular flexibility index (Phi) is 14.2. The van der Waals surface area contributed by atoms with E-state index in [0.717, 1.165) is 112 Å². The highest BCUT2D eigenvalue weighted by Gasteiger charge is 2.22. The van der Waals surface area contributed by atoms with Crippen molar-refractivity contribution < 1.29 is 4.74 Å². The molecule has 0 atom stereocenters. The normalized spacial score (nSPS) is 11.1. The van der Waals surface area contributed by atoms with Crippen molar-refractivity contribution in [3.63, 3.8) is 0 Å². The minimum absolute atomic E-state index is 0.482. The molecule has 400 valence electrons. The summed E-state index contributed by atoms with van der Waals surface area (Å²) in [6, 6.07) is 92.8. The lowest BCUT2D eigenvalue weighted by Gasteiger charge is -2.18. The van der Waals surface area contributed by atoms with Crippen molar-refractivity contribution in [1.82, 2.24) is 39.9 Å². The summed E-state index contributed by atoms with van der Waals surface area (Å²) in [6.45, 7) is 0. The molecule has 0 amide bonds. The van der Waals surface area contributed by atoms with E-state index in [9.17, 15) is 0 Å². The van der Waals surface area contributed by atoms with Crippen LogP contribution in [0, 0.1) is 0 Å². The molecule has 5 aromatic heterocycles. The van der Waals surface area contributed by atoms with Crippen molar-refractivity contribution in [2.75, 3.05) is 0 Å². The lowest BCUT2D eigenvalue weighted by molar-refractivity contribution is 0.485. The van der Waals surface area contributed by atoms with Gasteiger partial charge < -0.3 is 4.74 Å². The maximum Gasteiger partial charge on any atom is 0.164 e. The van der Waals surface area contributed by atoms with Gasteiger partial charge in [-0.15, -0.1) is 0 Å². The molecule has 0 aliphatic rings. The molecule has 0 N–H and O–H groups in total. The monoisotopic (exact) mass is 1090 g/mol. The summed E-state index contributed by atoms with van der Waals surface area (Å²) in [4.78, 5) is 39.9. The number of rotatable bonds is 14. The molecule has 0 spiro atoms. The van der Waals surface area contributed by atoms with Gasteiger partial charge in [0.2, 0.25) is 0 Å². The van der Waals surface area contributed by atoms with E-state index >= 15 is 0 Å².